The van der Waals surface area contributed by atoms with Gasteiger partial charge >= 0.3 is 8.80 Å². The Bertz CT molecular complexity index is 864. The van der Waals surface area contributed by atoms with E-state index in [-0.39, 0.29) is 30.0 Å². The Morgan fingerprint density at radius 2 is 1.10 bits per heavy atom. The fourth-order valence-electron chi connectivity index (χ4n) is 2.49. The third-order valence-corrected chi connectivity index (χ3v) is 6.57. The highest BCUT2D eigenvalue weighted by Crippen LogP contribution is 2.22. The van der Waals surface area contributed by atoms with E-state index in [0.717, 1.165) is 18.2 Å². The molecule has 30 heavy (non-hydrogen) atoms. The second-order valence-corrected chi connectivity index (χ2v) is 8.58. The molecule has 0 amide bonds. The first-order valence-corrected chi connectivity index (χ1v) is 11.2. The monoisotopic (exact) mass is 436 g/mol. The number of hydrogen-bond donors (Lipinski definition) is 0. The zero-order valence-electron chi connectivity index (χ0n) is 16.9. The molecule has 0 aromatic heterocycles. The van der Waals surface area contributed by atoms with E-state index in [1.165, 1.54) is 24.3 Å². The van der Waals surface area contributed by atoms with Crippen molar-refractivity contribution in [2.24, 2.45) is 0 Å². The van der Waals surface area contributed by atoms with Gasteiger partial charge in [-0.3, -0.25) is 14.4 Å². The smallest absolute Gasteiger partial charge is 0.452 e. The summed E-state index contributed by atoms with van der Waals surface area (Å²) in [6.07, 6.45) is -0.0751. The van der Waals surface area contributed by atoms with Gasteiger partial charge in [0.05, 0.1) is 5.19 Å². The van der Waals surface area contributed by atoms with Crippen molar-refractivity contribution in [3.05, 3.63) is 54.1 Å². The van der Waals surface area contributed by atoms with Crippen molar-refractivity contribution in [2.75, 3.05) is 0 Å². The molecule has 0 radical (unpaired) electrons. The summed E-state index contributed by atoms with van der Waals surface area (Å²) in [4.78, 5) is 36.2. The van der Waals surface area contributed by atoms with E-state index in [1.807, 2.05) is 0 Å². The summed E-state index contributed by atoms with van der Waals surface area (Å²) in [5, 5.41) is 0.188. The minimum Gasteiger partial charge on any atom is -0.452 e. The van der Waals surface area contributed by atoms with Crippen LogP contribution in [0.3, 0.4) is 0 Å². The summed E-state index contributed by atoms with van der Waals surface area (Å²) in [5.41, 5.74) is 0.749. The second-order valence-electron chi connectivity index (χ2n) is 6.27. The summed E-state index contributed by atoms with van der Waals surface area (Å²) in [6, 6.07) is 8.98. The maximum Gasteiger partial charge on any atom is 0.742 e. The number of rotatable bonds is 8. The minimum absolute atomic E-state index is 0.0250. The number of benzene rings is 2. The number of halogens is 2. The number of carbonyl (C=O) groups is 3. The predicted molar refractivity (Wildman–Crippen MR) is 106 cm³/mol. The van der Waals surface area contributed by atoms with Gasteiger partial charge < -0.3 is 13.3 Å². The molecule has 160 valence electrons. The molecule has 2 aromatic rings. The molecule has 0 unspecified atom stereocenters. The third-order valence-electron chi connectivity index (χ3n) is 4.04. The van der Waals surface area contributed by atoms with Crippen LogP contribution in [0.4, 0.5) is 8.78 Å². The molecule has 2 aromatic carbocycles. The molecule has 0 aliphatic carbocycles. The van der Waals surface area contributed by atoms with E-state index in [1.54, 1.807) is 20.8 Å². The Kier molecular flexibility index (Phi) is 7.82. The van der Waals surface area contributed by atoms with Crippen LogP contribution < -0.4 is 5.19 Å². The lowest BCUT2D eigenvalue weighted by atomic mass is 10.1. The molecular weight excluding hydrogens is 414 g/mol. The molecule has 0 atom stereocenters. The van der Waals surface area contributed by atoms with Gasteiger partial charge in [0.25, 0.3) is 17.9 Å². The van der Waals surface area contributed by atoms with Gasteiger partial charge in [-0.25, -0.2) is 8.78 Å². The molecule has 9 heteroatoms. The Hall–Kier alpha value is -3.07. The van der Waals surface area contributed by atoms with E-state index in [4.69, 9.17) is 13.3 Å². The first-order chi connectivity index (χ1) is 14.2. The van der Waals surface area contributed by atoms with Gasteiger partial charge in [0, 0.05) is 25.3 Å². The average Bonchev–Trinajstić information content (AvgIpc) is 2.72. The minimum atomic E-state index is -4.27. The molecule has 0 saturated carbocycles. The zero-order chi connectivity index (χ0) is 22.3. The summed E-state index contributed by atoms with van der Waals surface area (Å²) in [6.45, 7) is 4.64. The average molecular weight is 436 g/mol. The lowest BCUT2D eigenvalue weighted by Gasteiger charge is -2.27. The molecule has 0 saturated heterocycles. The normalized spacial score (nSPS) is 11.0. The maximum atomic E-state index is 13.5. The van der Waals surface area contributed by atoms with Crippen LogP contribution in [-0.4, -0.2) is 26.7 Å². The van der Waals surface area contributed by atoms with Gasteiger partial charge in [-0.05, 0) is 23.3 Å². The molecule has 0 aliphatic heterocycles. The van der Waals surface area contributed by atoms with Crippen molar-refractivity contribution < 1.29 is 36.4 Å². The number of hydrogen-bond acceptors (Lipinski definition) is 6. The van der Waals surface area contributed by atoms with Gasteiger partial charge in [-0.1, -0.05) is 45.0 Å². The largest absolute Gasteiger partial charge is 0.742 e. The van der Waals surface area contributed by atoms with Crippen molar-refractivity contribution in [3.63, 3.8) is 0 Å². The van der Waals surface area contributed by atoms with Crippen LogP contribution in [0.25, 0.3) is 11.1 Å². The van der Waals surface area contributed by atoms with Crippen LogP contribution >= 0.6 is 0 Å². The SMILES string of the molecule is CCC(=O)O[Si](OC(=O)CC)(OC(=O)CC)c1ccc(-c2cc(F)cc(F)c2)cc1. The third kappa shape index (κ3) is 5.72. The number of carbonyl (C=O) groups excluding carboxylic acids is 3. The molecule has 0 spiro atoms. The Labute approximate surface area is 174 Å². The van der Waals surface area contributed by atoms with Crippen LogP contribution in [0, 0.1) is 11.6 Å². The van der Waals surface area contributed by atoms with E-state index < -0.39 is 38.3 Å². The molecule has 2 rings (SSSR count). The first kappa shape index (κ1) is 23.2. The summed E-state index contributed by atoms with van der Waals surface area (Å²) < 4.78 is 43.2. The lowest BCUT2D eigenvalue weighted by Crippen LogP contribution is -2.59. The summed E-state index contributed by atoms with van der Waals surface area (Å²) >= 11 is 0. The Morgan fingerprint density at radius 1 is 0.700 bits per heavy atom. The van der Waals surface area contributed by atoms with Crippen LogP contribution in [0.2, 0.25) is 0 Å². The van der Waals surface area contributed by atoms with Crippen LogP contribution in [0.15, 0.2) is 42.5 Å². The van der Waals surface area contributed by atoms with Crippen molar-refractivity contribution in [1.82, 2.24) is 0 Å². The van der Waals surface area contributed by atoms with Crippen molar-refractivity contribution in [1.29, 1.82) is 0 Å². The molecular formula is C21H22F2O6Si. The summed E-state index contributed by atoms with van der Waals surface area (Å²) in [5.74, 6) is -3.57. The highest BCUT2D eigenvalue weighted by Gasteiger charge is 2.55. The topological polar surface area (TPSA) is 78.9 Å². The fraction of sp³-hybridized carbons (Fsp3) is 0.286. The van der Waals surface area contributed by atoms with E-state index in [0.29, 0.717) is 5.56 Å². The Balaban J connectivity index is 2.53. The highest BCUT2D eigenvalue weighted by molar-refractivity contribution is 6.79. The van der Waals surface area contributed by atoms with Crippen molar-refractivity contribution in [2.45, 2.75) is 40.0 Å². The quantitative estimate of drug-likeness (QED) is 0.588. The molecule has 0 heterocycles. The van der Waals surface area contributed by atoms with Gasteiger partial charge in [-0.15, -0.1) is 0 Å². The fourth-order valence-corrected chi connectivity index (χ4v) is 4.88. The first-order valence-electron chi connectivity index (χ1n) is 9.45. The van der Waals surface area contributed by atoms with Crippen molar-refractivity contribution >= 4 is 31.9 Å². The van der Waals surface area contributed by atoms with Gasteiger partial charge in [0.2, 0.25) is 0 Å². The van der Waals surface area contributed by atoms with Gasteiger partial charge in [0.15, 0.2) is 0 Å². The molecule has 0 N–H and O–H groups in total. The molecule has 0 fully saturated rings. The summed E-state index contributed by atoms with van der Waals surface area (Å²) in [7, 11) is -4.27. The maximum absolute atomic E-state index is 13.5. The zero-order valence-corrected chi connectivity index (χ0v) is 17.9. The van der Waals surface area contributed by atoms with Crippen LogP contribution in [0.1, 0.15) is 40.0 Å². The highest BCUT2D eigenvalue weighted by atomic mass is 28.4. The molecule has 0 bridgehead atoms. The second kappa shape index (κ2) is 10.1. The predicted octanol–water partition coefficient (Wildman–Crippen LogP) is 3.64. The standard InChI is InChI=1S/C21H22F2O6Si/c1-4-19(24)27-30(28-20(25)5-2,29-21(26)6-3)18-9-7-14(8-10-18)15-11-16(22)13-17(23)12-15/h7-13H,4-6H2,1-3H3. The van der Waals surface area contributed by atoms with E-state index in [9.17, 15) is 23.2 Å². The Morgan fingerprint density at radius 3 is 1.47 bits per heavy atom. The molecule has 0 aliphatic rings. The van der Waals surface area contributed by atoms with Gasteiger partial charge in [0.1, 0.15) is 11.6 Å². The van der Waals surface area contributed by atoms with E-state index in [2.05, 4.69) is 0 Å². The molecule has 6 nitrogen and oxygen atoms in total. The van der Waals surface area contributed by atoms with Crippen molar-refractivity contribution in [3.8, 4) is 11.1 Å². The van der Waals surface area contributed by atoms with Crippen LogP contribution in [-0.2, 0) is 27.7 Å². The van der Waals surface area contributed by atoms with Gasteiger partial charge in [-0.2, -0.15) is 0 Å². The van der Waals surface area contributed by atoms with Crippen LogP contribution in [0.5, 0.6) is 0 Å². The lowest BCUT2D eigenvalue weighted by molar-refractivity contribution is -0.149. The van der Waals surface area contributed by atoms with E-state index >= 15 is 0 Å².